The van der Waals surface area contributed by atoms with E-state index in [9.17, 15) is 9.59 Å². The van der Waals surface area contributed by atoms with Gasteiger partial charge < -0.3 is 9.47 Å². The fraction of sp³-hybridized carbons (Fsp3) is 0.192. The molecule has 0 aliphatic heterocycles. The molecule has 3 rings (SSSR count). The van der Waals surface area contributed by atoms with Crippen LogP contribution in [0.5, 0.6) is 11.5 Å². The van der Waals surface area contributed by atoms with E-state index in [-0.39, 0.29) is 12.0 Å². The van der Waals surface area contributed by atoms with Gasteiger partial charge in [0.2, 0.25) is 0 Å². The fourth-order valence-electron chi connectivity index (χ4n) is 2.84. The maximum absolute atomic E-state index is 12.4. The molecule has 3 aromatic carbocycles. The van der Waals surface area contributed by atoms with Crippen molar-refractivity contribution in [2.24, 2.45) is 5.10 Å². The lowest BCUT2D eigenvalue weighted by atomic mass is 9.87. The molecule has 6 nitrogen and oxygen atoms in total. The summed E-state index contributed by atoms with van der Waals surface area (Å²) in [6, 6.07) is 18.8. The predicted octanol–water partition coefficient (Wildman–Crippen LogP) is 6.04. The molecule has 0 aromatic heterocycles. The van der Waals surface area contributed by atoms with Crippen LogP contribution in [0.3, 0.4) is 0 Å². The molecule has 0 aliphatic carbocycles. The van der Waals surface area contributed by atoms with E-state index in [2.05, 4.69) is 31.3 Å². The summed E-state index contributed by atoms with van der Waals surface area (Å²) in [5.41, 5.74) is 4.69. The molecular weight excluding hydrogens is 475 g/mol. The Labute approximate surface area is 208 Å². The Hall–Kier alpha value is -3.35. The molecule has 0 spiro atoms. The first-order chi connectivity index (χ1) is 16.1. The van der Waals surface area contributed by atoms with Gasteiger partial charge >= 0.3 is 5.97 Å². The van der Waals surface area contributed by atoms with Crippen molar-refractivity contribution in [3.05, 3.63) is 93.5 Å². The summed E-state index contributed by atoms with van der Waals surface area (Å²) in [6.45, 7) is 6.06. The number of rotatable bonds is 7. The molecule has 0 atom stereocenters. The van der Waals surface area contributed by atoms with Crippen LogP contribution in [0.15, 0.2) is 71.8 Å². The summed E-state index contributed by atoms with van der Waals surface area (Å²) in [5.74, 6) is -0.189. The van der Waals surface area contributed by atoms with E-state index in [1.165, 1.54) is 12.3 Å². The molecule has 0 bridgehead atoms. The smallest absolute Gasteiger partial charge is 0.343 e. The van der Waals surface area contributed by atoms with Gasteiger partial charge in [0.05, 0.1) is 16.8 Å². The van der Waals surface area contributed by atoms with Crippen molar-refractivity contribution < 1.29 is 19.1 Å². The number of esters is 1. The van der Waals surface area contributed by atoms with Crippen LogP contribution < -0.4 is 14.9 Å². The normalized spacial score (nSPS) is 11.3. The van der Waals surface area contributed by atoms with Gasteiger partial charge in [-0.15, -0.1) is 0 Å². The zero-order valence-corrected chi connectivity index (χ0v) is 20.5. The van der Waals surface area contributed by atoms with Crippen molar-refractivity contribution in [3.8, 4) is 11.5 Å². The Kier molecular flexibility index (Phi) is 8.31. The van der Waals surface area contributed by atoms with E-state index in [0.29, 0.717) is 32.7 Å². The topological polar surface area (TPSA) is 77.0 Å². The lowest BCUT2D eigenvalue weighted by Gasteiger charge is -2.18. The van der Waals surface area contributed by atoms with Crippen molar-refractivity contribution in [1.29, 1.82) is 0 Å². The number of nitrogens with zero attached hydrogens (tertiary/aromatic N) is 1. The van der Waals surface area contributed by atoms with Gasteiger partial charge in [-0.05, 0) is 65.1 Å². The molecule has 0 fully saturated rings. The molecule has 0 unspecified atom stereocenters. The molecule has 1 amide bonds. The third kappa shape index (κ3) is 7.33. The Morgan fingerprint density at radius 1 is 0.971 bits per heavy atom. The quantitative estimate of drug-likeness (QED) is 0.186. The van der Waals surface area contributed by atoms with Crippen LogP contribution in [0, 0.1) is 0 Å². The SMILES string of the molecule is CC(C)(C)c1ccc(C(=O)Oc2ccc(C=NNC(=O)COc3cc(Cl)ccc3Cl)cc2)cc1. The number of benzene rings is 3. The zero-order chi connectivity index (χ0) is 24.7. The van der Waals surface area contributed by atoms with Crippen molar-refractivity contribution in [1.82, 2.24) is 5.43 Å². The van der Waals surface area contributed by atoms with Crippen LogP contribution in [-0.2, 0) is 10.2 Å². The minimum atomic E-state index is -0.463. The van der Waals surface area contributed by atoms with E-state index < -0.39 is 11.9 Å². The number of hydrazone groups is 1. The first kappa shape index (κ1) is 25.3. The molecule has 8 heteroatoms. The van der Waals surface area contributed by atoms with Crippen LogP contribution in [0.2, 0.25) is 10.0 Å². The maximum atomic E-state index is 12.4. The van der Waals surface area contributed by atoms with Crippen LogP contribution in [-0.4, -0.2) is 24.7 Å². The highest BCUT2D eigenvalue weighted by Crippen LogP contribution is 2.27. The predicted molar refractivity (Wildman–Crippen MR) is 134 cm³/mol. The zero-order valence-electron chi connectivity index (χ0n) is 19.0. The largest absolute Gasteiger partial charge is 0.482 e. The summed E-state index contributed by atoms with van der Waals surface area (Å²) in [4.78, 5) is 24.3. The Balaban J connectivity index is 1.48. The van der Waals surface area contributed by atoms with Gasteiger partial charge in [-0.3, -0.25) is 4.79 Å². The molecule has 0 heterocycles. The first-order valence-corrected chi connectivity index (χ1v) is 11.2. The number of carbonyl (C=O) groups excluding carboxylic acids is 2. The lowest BCUT2D eigenvalue weighted by Crippen LogP contribution is -2.24. The van der Waals surface area contributed by atoms with E-state index >= 15 is 0 Å². The third-order valence-electron chi connectivity index (χ3n) is 4.73. The molecule has 176 valence electrons. The number of ether oxygens (including phenoxy) is 2. The minimum absolute atomic E-state index is 0.0101. The van der Waals surface area contributed by atoms with Gasteiger partial charge in [0.1, 0.15) is 11.5 Å². The average Bonchev–Trinajstić information content (AvgIpc) is 2.80. The molecule has 3 aromatic rings. The molecule has 0 saturated carbocycles. The summed E-state index contributed by atoms with van der Waals surface area (Å²) in [6.07, 6.45) is 1.46. The van der Waals surface area contributed by atoms with Crippen molar-refractivity contribution in [2.45, 2.75) is 26.2 Å². The van der Waals surface area contributed by atoms with Crippen molar-refractivity contribution in [3.63, 3.8) is 0 Å². The van der Waals surface area contributed by atoms with Gasteiger partial charge in [-0.1, -0.05) is 56.1 Å². The Bertz CT molecular complexity index is 1180. The summed E-state index contributed by atoms with van der Waals surface area (Å²) in [5, 5.41) is 4.69. The van der Waals surface area contributed by atoms with E-state index in [1.54, 1.807) is 48.5 Å². The van der Waals surface area contributed by atoms with Gasteiger partial charge in [-0.2, -0.15) is 5.10 Å². The average molecular weight is 499 g/mol. The fourth-order valence-corrected chi connectivity index (χ4v) is 3.17. The van der Waals surface area contributed by atoms with Gasteiger partial charge in [0, 0.05) is 11.1 Å². The third-order valence-corrected chi connectivity index (χ3v) is 5.28. The van der Waals surface area contributed by atoms with Gasteiger partial charge in [0.25, 0.3) is 5.91 Å². The van der Waals surface area contributed by atoms with Crippen LogP contribution >= 0.6 is 23.2 Å². The maximum Gasteiger partial charge on any atom is 0.343 e. The molecule has 0 aliphatic rings. The first-order valence-electron chi connectivity index (χ1n) is 10.4. The second kappa shape index (κ2) is 11.2. The number of hydrogen-bond donors (Lipinski definition) is 1. The molecule has 0 saturated heterocycles. The van der Waals surface area contributed by atoms with Crippen LogP contribution in [0.25, 0.3) is 0 Å². The van der Waals surface area contributed by atoms with Crippen LogP contribution in [0.1, 0.15) is 42.3 Å². The number of hydrogen-bond acceptors (Lipinski definition) is 5. The number of amides is 1. The lowest BCUT2D eigenvalue weighted by molar-refractivity contribution is -0.123. The summed E-state index contributed by atoms with van der Waals surface area (Å²) in [7, 11) is 0. The highest BCUT2D eigenvalue weighted by atomic mass is 35.5. The number of halogens is 2. The van der Waals surface area contributed by atoms with Crippen LogP contribution in [0.4, 0.5) is 0 Å². The van der Waals surface area contributed by atoms with E-state index in [4.69, 9.17) is 32.7 Å². The summed E-state index contributed by atoms with van der Waals surface area (Å²) >= 11 is 11.9. The van der Waals surface area contributed by atoms with Crippen molar-refractivity contribution >= 4 is 41.3 Å². The molecule has 0 radical (unpaired) electrons. The second-order valence-electron chi connectivity index (χ2n) is 8.44. The van der Waals surface area contributed by atoms with E-state index in [0.717, 1.165) is 5.56 Å². The highest BCUT2D eigenvalue weighted by molar-refractivity contribution is 6.34. The van der Waals surface area contributed by atoms with Crippen molar-refractivity contribution in [2.75, 3.05) is 6.61 Å². The monoisotopic (exact) mass is 498 g/mol. The highest BCUT2D eigenvalue weighted by Gasteiger charge is 2.15. The Morgan fingerprint density at radius 2 is 1.65 bits per heavy atom. The standard InChI is InChI=1S/C26H24Cl2N2O4/c1-26(2,3)19-8-6-18(7-9-19)25(32)34-21-11-4-17(5-12-21)15-29-30-24(31)16-33-23-14-20(27)10-13-22(23)28/h4-15H,16H2,1-3H3,(H,30,31). The molecule has 34 heavy (non-hydrogen) atoms. The second-order valence-corrected chi connectivity index (χ2v) is 9.29. The number of nitrogens with one attached hydrogen (secondary N) is 1. The molecular formula is C26H24Cl2N2O4. The van der Waals surface area contributed by atoms with E-state index in [1.807, 2.05) is 12.1 Å². The van der Waals surface area contributed by atoms with Gasteiger partial charge in [-0.25, -0.2) is 10.2 Å². The molecule has 1 N–H and O–H groups in total. The van der Waals surface area contributed by atoms with Gasteiger partial charge in [0.15, 0.2) is 6.61 Å². The number of carbonyl (C=O) groups is 2. The Morgan fingerprint density at radius 3 is 2.29 bits per heavy atom. The summed E-state index contributed by atoms with van der Waals surface area (Å²) < 4.78 is 10.8. The minimum Gasteiger partial charge on any atom is -0.482 e.